The summed E-state index contributed by atoms with van der Waals surface area (Å²) in [5.41, 5.74) is -5.08. The molecule has 2 N–H and O–H groups in total. The molecule has 0 saturated carbocycles. The molecule has 0 saturated heterocycles. The Labute approximate surface area is 159 Å². The summed E-state index contributed by atoms with van der Waals surface area (Å²) < 4.78 is 83.5. The normalized spacial score (nSPS) is 11.7. The zero-order valence-electron chi connectivity index (χ0n) is 14.7. The molecule has 7 nitrogen and oxygen atoms in total. The number of rotatable bonds is 3. The number of ether oxygens (including phenoxy) is 1. The van der Waals surface area contributed by atoms with Crippen LogP contribution in [-0.2, 0) is 12.4 Å². The van der Waals surface area contributed by atoms with Crippen molar-refractivity contribution < 1.29 is 40.7 Å². The summed E-state index contributed by atoms with van der Waals surface area (Å²) in [5, 5.41) is 3.36. The molecule has 0 unspecified atom stereocenters. The van der Waals surface area contributed by atoms with Gasteiger partial charge in [-0.15, -0.1) is 0 Å². The molecule has 2 aromatic rings. The van der Waals surface area contributed by atoms with Gasteiger partial charge in [0.15, 0.2) is 0 Å². The SMILES string of the molecule is COc1cc(C)nc(NC(=O)NC(=O)c2c(C(F)(F)F)cccc2C(F)(F)F)n1. The van der Waals surface area contributed by atoms with Crippen LogP contribution < -0.4 is 15.4 Å². The van der Waals surface area contributed by atoms with Gasteiger partial charge in [0.2, 0.25) is 11.8 Å². The van der Waals surface area contributed by atoms with Gasteiger partial charge in [0.1, 0.15) is 0 Å². The highest BCUT2D eigenvalue weighted by atomic mass is 19.4. The van der Waals surface area contributed by atoms with Crippen LogP contribution in [0.4, 0.5) is 37.1 Å². The Balaban J connectivity index is 2.35. The second kappa shape index (κ2) is 7.93. The van der Waals surface area contributed by atoms with Gasteiger partial charge in [-0.1, -0.05) is 6.07 Å². The van der Waals surface area contributed by atoms with Crippen LogP contribution >= 0.6 is 0 Å². The first-order valence-electron chi connectivity index (χ1n) is 7.62. The number of hydrogen-bond acceptors (Lipinski definition) is 5. The number of hydrogen-bond donors (Lipinski definition) is 2. The number of carbonyl (C=O) groups excluding carboxylic acids is 2. The van der Waals surface area contributed by atoms with Gasteiger partial charge in [-0.05, 0) is 19.1 Å². The first kappa shape index (κ1) is 21.9. The third kappa shape index (κ3) is 5.33. The minimum Gasteiger partial charge on any atom is -0.481 e. The molecule has 29 heavy (non-hydrogen) atoms. The van der Waals surface area contributed by atoms with Crippen LogP contribution in [-0.4, -0.2) is 29.0 Å². The number of urea groups is 1. The summed E-state index contributed by atoms with van der Waals surface area (Å²) in [5.74, 6) is -2.25. The number of aryl methyl sites for hydroxylation is 1. The zero-order valence-corrected chi connectivity index (χ0v) is 14.7. The minimum absolute atomic E-state index is 0.0286. The number of aromatic nitrogens is 2. The van der Waals surface area contributed by atoms with Crippen molar-refractivity contribution in [2.24, 2.45) is 0 Å². The topological polar surface area (TPSA) is 93.2 Å². The van der Waals surface area contributed by atoms with Gasteiger partial charge in [0.25, 0.3) is 5.91 Å². The summed E-state index contributed by atoms with van der Waals surface area (Å²) in [4.78, 5) is 31.5. The highest BCUT2D eigenvalue weighted by Crippen LogP contribution is 2.39. The lowest BCUT2D eigenvalue weighted by molar-refractivity contribution is -0.143. The van der Waals surface area contributed by atoms with E-state index in [4.69, 9.17) is 4.74 Å². The Hall–Kier alpha value is -3.38. The number of amides is 3. The molecule has 0 bridgehead atoms. The first-order valence-corrected chi connectivity index (χ1v) is 7.62. The predicted molar refractivity (Wildman–Crippen MR) is 86.3 cm³/mol. The molecule has 0 atom stereocenters. The maximum atomic E-state index is 13.1. The molecular formula is C16H12F6N4O3. The van der Waals surface area contributed by atoms with Crippen molar-refractivity contribution >= 4 is 17.9 Å². The standard InChI is InChI=1S/C16H12F6N4O3/c1-7-6-10(29-2)24-13(23-7)26-14(28)25-12(27)11-8(15(17,18)19)4-3-5-9(11)16(20,21)22/h3-6H,1-2H3,(H2,23,24,25,26,27,28). The fourth-order valence-corrected chi connectivity index (χ4v) is 2.27. The number of methoxy groups -OCH3 is 1. The van der Waals surface area contributed by atoms with Gasteiger partial charge in [0, 0.05) is 11.8 Å². The van der Waals surface area contributed by atoms with E-state index in [-0.39, 0.29) is 11.8 Å². The number of halogens is 6. The van der Waals surface area contributed by atoms with E-state index in [0.717, 1.165) is 0 Å². The van der Waals surface area contributed by atoms with Crippen molar-refractivity contribution in [3.05, 3.63) is 46.6 Å². The number of carbonyl (C=O) groups is 2. The summed E-state index contributed by atoms with van der Waals surface area (Å²) in [6.07, 6.45) is -10.5. The number of anilines is 1. The smallest absolute Gasteiger partial charge is 0.417 e. The van der Waals surface area contributed by atoms with Crippen LogP contribution in [0.5, 0.6) is 5.88 Å². The highest BCUT2D eigenvalue weighted by Gasteiger charge is 2.43. The highest BCUT2D eigenvalue weighted by molar-refractivity contribution is 6.09. The molecule has 0 aliphatic rings. The number of nitrogens with one attached hydrogen (secondary N) is 2. The second-order valence-corrected chi connectivity index (χ2v) is 5.51. The van der Waals surface area contributed by atoms with Gasteiger partial charge in [0.05, 0.1) is 23.8 Å². The second-order valence-electron chi connectivity index (χ2n) is 5.51. The van der Waals surface area contributed by atoms with E-state index in [9.17, 15) is 35.9 Å². The number of imide groups is 1. The summed E-state index contributed by atoms with van der Waals surface area (Å²) >= 11 is 0. The Morgan fingerprint density at radius 2 is 1.55 bits per heavy atom. The quantitative estimate of drug-likeness (QED) is 0.735. The largest absolute Gasteiger partial charge is 0.481 e. The summed E-state index contributed by atoms with van der Waals surface area (Å²) in [6.45, 7) is 1.51. The third-order valence-corrected chi connectivity index (χ3v) is 3.39. The Morgan fingerprint density at radius 1 is 1.00 bits per heavy atom. The molecule has 0 aliphatic heterocycles. The third-order valence-electron chi connectivity index (χ3n) is 3.39. The minimum atomic E-state index is -5.27. The Bertz CT molecular complexity index is 911. The van der Waals surface area contributed by atoms with Gasteiger partial charge in [-0.3, -0.25) is 15.4 Å². The molecule has 1 aromatic carbocycles. The maximum Gasteiger partial charge on any atom is 0.417 e. The van der Waals surface area contributed by atoms with E-state index in [1.54, 1.807) is 0 Å². The number of nitrogens with zero attached hydrogens (tertiary/aromatic N) is 2. The number of alkyl halides is 6. The molecule has 13 heteroatoms. The van der Waals surface area contributed by atoms with Crippen LogP contribution in [0.15, 0.2) is 24.3 Å². The van der Waals surface area contributed by atoms with Crippen molar-refractivity contribution in [1.29, 1.82) is 0 Å². The maximum absolute atomic E-state index is 13.1. The molecule has 2 rings (SSSR count). The molecular weight excluding hydrogens is 410 g/mol. The molecule has 1 aromatic heterocycles. The van der Waals surface area contributed by atoms with E-state index in [1.807, 2.05) is 5.32 Å². The average molecular weight is 422 g/mol. The number of benzene rings is 1. The van der Waals surface area contributed by atoms with Crippen molar-refractivity contribution in [2.75, 3.05) is 12.4 Å². The van der Waals surface area contributed by atoms with Crippen LogP contribution in [0.1, 0.15) is 27.2 Å². The monoisotopic (exact) mass is 422 g/mol. The average Bonchev–Trinajstić information content (AvgIpc) is 2.58. The van der Waals surface area contributed by atoms with Gasteiger partial charge >= 0.3 is 18.4 Å². The molecule has 0 spiro atoms. The molecule has 0 aliphatic carbocycles. The fourth-order valence-electron chi connectivity index (χ4n) is 2.27. The molecule has 3 amide bonds. The lowest BCUT2D eigenvalue weighted by Gasteiger charge is -2.18. The van der Waals surface area contributed by atoms with E-state index < -0.39 is 41.0 Å². The van der Waals surface area contributed by atoms with E-state index in [0.29, 0.717) is 23.9 Å². The lowest BCUT2D eigenvalue weighted by Crippen LogP contribution is -2.37. The Morgan fingerprint density at radius 3 is 2.03 bits per heavy atom. The summed E-state index contributed by atoms with van der Waals surface area (Å²) in [7, 11) is 1.27. The Kier molecular flexibility index (Phi) is 5.99. The molecule has 156 valence electrons. The first-order chi connectivity index (χ1) is 13.3. The summed E-state index contributed by atoms with van der Waals surface area (Å²) in [6, 6.07) is 1.07. The molecule has 0 radical (unpaired) electrons. The van der Waals surface area contributed by atoms with E-state index in [2.05, 4.69) is 9.97 Å². The van der Waals surface area contributed by atoms with Crippen LogP contribution in [0, 0.1) is 6.92 Å². The van der Waals surface area contributed by atoms with Crippen molar-refractivity contribution in [2.45, 2.75) is 19.3 Å². The molecule has 1 heterocycles. The van der Waals surface area contributed by atoms with Crippen LogP contribution in [0.3, 0.4) is 0 Å². The van der Waals surface area contributed by atoms with Crippen molar-refractivity contribution in [3.63, 3.8) is 0 Å². The van der Waals surface area contributed by atoms with Gasteiger partial charge < -0.3 is 4.74 Å². The molecule has 0 fully saturated rings. The van der Waals surface area contributed by atoms with Crippen molar-refractivity contribution in [3.8, 4) is 5.88 Å². The van der Waals surface area contributed by atoms with Crippen molar-refractivity contribution in [1.82, 2.24) is 15.3 Å². The van der Waals surface area contributed by atoms with Gasteiger partial charge in [-0.25, -0.2) is 9.78 Å². The lowest BCUT2D eigenvalue weighted by atomic mass is 9.99. The van der Waals surface area contributed by atoms with Gasteiger partial charge in [-0.2, -0.15) is 31.3 Å². The van der Waals surface area contributed by atoms with Crippen LogP contribution in [0.2, 0.25) is 0 Å². The fraction of sp³-hybridized carbons (Fsp3) is 0.250. The van der Waals surface area contributed by atoms with Crippen LogP contribution in [0.25, 0.3) is 0 Å². The van der Waals surface area contributed by atoms with E-state index >= 15 is 0 Å². The van der Waals surface area contributed by atoms with E-state index in [1.165, 1.54) is 25.4 Å². The predicted octanol–water partition coefficient (Wildman–Crippen LogP) is 3.79. The zero-order chi connectivity index (χ0) is 22.0.